The Labute approximate surface area is 109 Å². The van der Waals surface area contributed by atoms with E-state index in [1.54, 1.807) is 12.1 Å². The fraction of sp³-hybridized carbons (Fsp3) is 0.0769. The highest BCUT2D eigenvalue weighted by Crippen LogP contribution is 2.20. The van der Waals surface area contributed by atoms with Crippen LogP contribution in [-0.4, -0.2) is 18.0 Å². The van der Waals surface area contributed by atoms with E-state index in [1.165, 1.54) is 25.4 Å². The van der Waals surface area contributed by atoms with E-state index in [0.717, 1.165) is 6.07 Å². The summed E-state index contributed by atoms with van der Waals surface area (Å²) in [5.41, 5.74) is 6.07. The fourth-order valence-electron chi connectivity index (χ4n) is 1.52. The van der Waals surface area contributed by atoms with E-state index in [-0.39, 0.29) is 11.3 Å². The second kappa shape index (κ2) is 5.34. The largest absolute Gasteiger partial charge is 0.496 e. The van der Waals surface area contributed by atoms with Crippen LogP contribution in [0.1, 0.15) is 10.4 Å². The molecular weight excluding hydrogens is 249 g/mol. The molecule has 0 spiro atoms. The Morgan fingerprint density at radius 3 is 2.79 bits per heavy atom. The minimum Gasteiger partial charge on any atom is -0.496 e. The summed E-state index contributed by atoms with van der Waals surface area (Å²) in [6, 6.07) is 6.87. The zero-order chi connectivity index (χ0) is 13.8. The Balaban J connectivity index is 2.24. The molecule has 0 saturated carbocycles. The highest BCUT2D eigenvalue weighted by Gasteiger charge is 2.14. The highest BCUT2D eigenvalue weighted by molar-refractivity contribution is 6.05. The predicted molar refractivity (Wildman–Crippen MR) is 69.6 cm³/mol. The molecule has 1 amide bonds. The van der Waals surface area contributed by atoms with Crippen LogP contribution in [-0.2, 0) is 0 Å². The molecule has 0 aliphatic rings. The van der Waals surface area contributed by atoms with E-state index >= 15 is 0 Å². The maximum Gasteiger partial charge on any atom is 0.260 e. The predicted octanol–water partition coefficient (Wildman–Crippen LogP) is 2.06. The quantitative estimate of drug-likeness (QED) is 0.886. The van der Waals surface area contributed by atoms with Gasteiger partial charge in [0.25, 0.3) is 5.91 Å². The number of nitrogens with one attached hydrogen (secondary N) is 1. The van der Waals surface area contributed by atoms with Gasteiger partial charge in [-0.15, -0.1) is 0 Å². The lowest BCUT2D eigenvalue weighted by Gasteiger charge is -2.09. The van der Waals surface area contributed by atoms with Crippen LogP contribution in [0.3, 0.4) is 0 Å². The second-order valence-corrected chi connectivity index (χ2v) is 3.78. The number of carbonyl (C=O) groups excluding carboxylic acids is 1. The first-order valence-electron chi connectivity index (χ1n) is 5.46. The van der Waals surface area contributed by atoms with Crippen LogP contribution in [0.2, 0.25) is 0 Å². The van der Waals surface area contributed by atoms with E-state index in [0.29, 0.717) is 11.5 Å². The first-order chi connectivity index (χ1) is 9.10. The molecule has 1 aromatic heterocycles. The molecule has 0 fully saturated rings. The third-order valence-corrected chi connectivity index (χ3v) is 2.43. The molecule has 0 bridgehead atoms. The van der Waals surface area contributed by atoms with Crippen LogP contribution in [0.4, 0.5) is 15.9 Å². The number of hydrogen-bond donors (Lipinski definition) is 2. The molecule has 3 N–H and O–H groups in total. The summed E-state index contributed by atoms with van der Waals surface area (Å²) in [4.78, 5) is 15.9. The Hall–Kier alpha value is -2.63. The number of pyridine rings is 1. The standard InChI is InChI=1S/C13H12FN3O2/c1-19-11-4-2-8(14)6-10(11)13(18)17-12-5-3-9(15)7-16-12/h2-7H,15H2,1H3,(H,16,17,18). The molecule has 0 unspecified atom stereocenters. The van der Waals surface area contributed by atoms with Gasteiger partial charge in [0.05, 0.1) is 24.6 Å². The fourth-order valence-corrected chi connectivity index (χ4v) is 1.52. The lowest BCUT2D eigenvalue weighted by atomic mass is 10.2. The lowest BCUT2D eigenvalue weighted by molar-refractivity contribution is 0.102. The summed E-state index contributed by atoms with van der Waals surface area (Å²) >= 11 is 0. The molecule has 0 saturated heterocycles. The van der Waals surface area contributed by atoms with Crippen LogP contribution < -0.4 is 15.8 Å². The smallest absolute Gasteiger partial charge is 0.260 e. The number of halogens is 1. The number of hydrogen-bond acceptors (Lipinski definition) is 4. The van der Waals surface area contributed by atoms with Crippen LogP contribution in [0.5, 0.6) is 5.75 Å². The highest BCUT2D eigenvalue weighted by atomic mass is 19.1. The van der Waals surface area contributed by atoms with Crippen LogP contribution in [0.25, 0.3) is 0 Å². The molecule has 2 rings (SSSR count). The third kappa shape index (κ3) is 2.98. The normalized spacial score (nSPS) is 10.0. The number of amides is 1. The summed E-state index contributed by atoms with van der Waals surface area (Å²) in [6.07, 6.45) is 1.42. The van der Waals surface area contributed by atoms with Crippen molar-refractivity contribution in [2.24, 2.45) is 0 Å². The van der Waals surface area contributed by atoms with Crippen molar-refractivity contribution in [3.05, 3.63) is 47.9 Å². The molecule has 0 aliphatic carbocycles. The van der Waals surface area contributed by atoms with Crippen molar-refractivity contribution < 1.29 is 13.9 Å². The number of methoxy groups -OCH3 is 1. The van der Waals surface area contributed by atoms with Crippen LogP contribution in [0.15, 0.2) is 36.5 Å². The van der Waals surface area contributed by atoms with Crippen molar-refractivity contribution in [1.82, 2.24) is 4.98 Å². The molecule has 6 heteroatoms. The molecule has 0 atom stereocenters. The van der Waals surface area contributed by atoms with Gasteiger partial charge in [0.2, 0.25) is 0 Å². The minimum absolute atomic E-state index is 0.0983. The molecule has 5 nitrogen and oxygen atoms in total. The van der Waals surface area contributed by atoms with E-state index in [1.807, 2.05) is 0 Å². The summed E-state index contributed by atoms with van der Waals surface area (Å²) in [5.74, 6) is -0.412. The van der Waals surface area contributed by atoms with Crippen LogP contribution in [0, 0.1) is 5.82 Å². The van der Waals surface area contributed by atoms with E-state index in [2.05, 4.69) is 10.3 Å². The number of nitrogens with zero attached hydrogens (tertiary/aromatic N) is 1. The Morgan fingerprint density at radius 1 is 1.37 bits per heavy atom. The maximum atomic E-state index is 13.2. The molecule has 19 heavy (non-hydrogen) atoms. The third-order valence-electron chi connectivity index (χ3n) is 2.43. The number of nitrogens with two attached hydrogens (primary N) is 1. The number of rotatable bonds is 3. The second-order valence-electron chi connectivity index (χ2n) is 3.78. The van der Waals surface area contributed by atoms with Crippen molar-refractivity contribution in [1.29, 1.82) is 0 Å². The van der Waals surface area contributed by atoms with Gasteiger partial charge in [-0.2, -0.15) is 0 Å². The van der Waals surface area contributed by atoms with Crippen molar-refractivity contribution in [2.45, 2.75) is 0 Å². The van der Waals surface area contributed by atoms with Gasteiger partial charge in [0.1, 0.15) is 17.4 Å². The first kappa shape index (κ1) is 12.8. The summed E-state index contributed by atoms with van der Waals surface area (Å²) in [5, 5.41) is 2.54. The number of anilines is 2. The van der Waals surface area contributed by atoms with Gasteiger partial charge in [-0.1, -0.05) is 0 Å². The number of ether oxygens (including phenoxy) is 1. The van der Waals surface area contributed by atoms with Crippen molar-refractivity contribution in [3.8, 4) is 5.75 Å². The van der Waals surface area contributed by atoms with Gasteiger partial charge < -0.3 is 15.8 Å². The molecule has 98 valence electrons. The SMILES string of the molecule is COc1ccc(F)cc1C(=O)Nc1ccc(N)cn1. The monoisotopic (exact) mass is 261 g/mol. The summed E-state index contributed by atoms with van der Waals surface area (Å²) in [6.45, 7) is 0. The van der Waals surface area contributed by atoms with Crippen molar-refractivity contribution >= 4 is 17.4 Å². The van der Waals surface area contributed by atoms with Crippen LogP contribution >= 0.6 is 0 Å². The molecule has 1 heterocycles. The van der Waals surface area contributed by atoms with Gasteiger partial charge in [0, 0.05) is 0 Å². The Morgan fingerprint density at radius 2 is 2.16 bits per heavy atom. The number of benzene rings is 1. The van der Waals surface area contributed by atoms with Gasteiger partial charge in [-0.05, 0) is 30.3 Å². The molecular formula is C13H12FN3O2. The van der Waals surface area contributed by atoms with Gasteiger partial charge in [-0.3, -0.25) is 4.79 Å². The number of nitrogen functional groups attached to an aromatic ring is 1. The number of carbonyl (C=O) groups is 1. The maximum absolute atomic E-state index is 13.2. The summed E-state index contributed by atoms with van der Waals surface area (Å²) < 4.78 is 18.2. The van der Waals surface area contributed by atoms with E-state index in [9.17, 15) is 9.18 Å². The lowest BCUT2D eigenvalue weighted by Crippen LogP contribution is -2.14. The van der Waals surface area contributed by atoms with E-state index in [4.69, 9.17) is 10.5 Å². The minimum atomic E-state index is -0.517. The average Bonchev–Trinajstić information content (AvgIpc) is 2.41. The summed E-state index contributed by atoms with van der Waals surface area (Å²) in [7, 11) is 1.41. The zero-order valence-electron chi connectivity index (χ0n) is 10.2. The molecule has 1 aromatic carbocycles. The van der Waals surface area contributed by atoms with Gasteiger partial charge in [-0.25, -0.2) is 9.37 Å². The Bertz CT molecular complexity index is 599. The van der Waals surface area contributed by atoms with Gasteiger partial charge >= 0.3 is 0 Å². The number of aromatic nitrogens is 1. The topological polar surface area (TPSA) is 77.2 Å². The molecule has 0 radical (unpaired) electrons. The van der Waals surface area contributed by atoms with Crippen molar-refractivity contribution in [3.63, 3.8) is 0 Å². The van der Waals surface area contributed by atoms with Gasteiger partial charge in [0.15, 0.2) is 0 Å². The average molecular weight is 261 g/mol. The molecule has 2 aromatic rings. The Kier molecular flexibility index (Phi) is 3.61. The molecule has 0 aliphatic heterocycles. The zero-order valence-corrected chi connectivity index (χ0v) is 10.2. The first-order valence-corrected chi connectivity index (χ1v) is 5.46. The van der Waals surface area contributed by atoms with Crippen molar-refractivity contribution in [2.75, 3.05) is 18.2 Å². The van der Waals surface area contributed by atoms with E-state index < -0.39 is 11.7 Å².